The SMILES string of the molecule is COc1cccc(C(=O)OCc2ccc(C(=O)Nc3ccccc3)cc2)c1OC. The first-order chi connectivity index (χ1) is 14.1. The van der Waals surface area contributed by atoms with Gasteiger partial charge in [0.1, 0.15) is 12.2 Å². The van der Waals surface area contributed by atoms with Gasteiger partial charge in [0.15, 0.2) is 11.5 Å². The largest absolute Gasteiger partial charge is 0.493 e. The number of carbonyl (C=O) groups is 2. The minimum atomic E-state index is -0.522. The molecule has 0 bridgehead atoms. The second-order valence-corrected chi connectivity index (χ2v) is 6.13. The molecule has 0 radical (unpaired) electrons. The fraction of sp³-hybridized carbons (Fsp3) is 0.130. The summed E-state index contributed by atoms with van der Waals surface area (Å²) in [4.78, 5) is 24.7. The summed E-state index contributed by atoms with van der Waals surface area (Å²) < 4.78 is 15.8. The van der Waals surface area contributed by atoms with Crippen molar-refractivity contribution in [2.24, 2.45) is 0 Å². The molecule has 1 amide bonds. The lowest BCUT2D eigenvalue weighted by Gasteiger charge is -2.12. The number of nitrogens with one attached hydrogen (secondary N) is 1. The molecule has 0 aromatic heterocycles. The number of ether oxygens (including phenoxy) is 3. The zero-order chi connectivity index (χ0) is 20.6. The summed E-state index contributed by atoms with van der Waals surface area (Å²) in [5.74, 6) is 0.0520. The minimum Gasteiger partial charge on any atom is -0.493 e. The predicted molar refractivity (Wildman–Crippen MR) is 110 cm³/mol. The summed E-state index contributed by atoms with van der Waals surface area (Å²) in [5, 5.41) is 2.82. The first kappa shape index (κ1) is 19.9. The van der Waals surface area contributed by atoms with Crippen molar-refractivity contribution in [3.05, 3.63) is 89.5 Å². The monoisotopic (exact) mass is 391 g/mol. The number of hydrogen-bond acceptors (Lipinski definition) is 5. The molecule has 6 heteroatoms. The number of rotatable bonds is 7. The van der Waals surface area contributed by atoms with Crippen LogP contribution in [-0.4, -0.2) is 26.1 Å². The Bertz CT molecular complexity index is 984. The molecule has 1 N–H and O–H groups in total. The number of benzene rings is 3. The van der Waals surface area contributed by atoms with Crippen molar-refractivity contribution in [2.45, 2.75) is 6.61 Å². The first-order valence-corrected chi connectivity index (χ1v) is 8.96. The standard InChI is InChI=1S/C23H21NO5/c1-27-20-10-6-9-19(21(20)28-2)23(26)29-15-16-11-13-17(14-12-16)22(25)24-18-7-4-3-5-8-18/h3-14H,15H2,1-2H3,(H,24,25). The van der Waals surface area contributed by atoms with Gasteiger partial charge < -0.3 is 19.5 Å². The molecule has 0 atom stereocenters. The second-order valence-electron chi connectivity index (χ2n) is 6.13. The van der Waals surface area contributed by atoms with E-state index in [1.54, 1.807) is 42.5 Å². The maximum atomic E-state index is 12.4. The van der Waals surface area contributed by atoms with E-state index in [-0.39, 0.29) is 18.1 Å². The second kappa shape index (κ2) is 9.41. The Hall–Kier alpha value is -3.80. The molecule has 0 heterocycles. The van der Waals surface area contributed by atoms with Crippen LogP contribution in [0.5, 0.6) is 11.5 Å². The molecule has 0 saturated carbocycles. The highest BCUT2D eigenvalue weighted by Gasteiger charge is 2.17. The van der Waals surface area contributed by atoms with Gasteiger partial charge in [-0.15, -0.1) is 0 Å². The third-order valence-electron chi connectivity index (χ3n) is 4.24. The van der Waals surface area contributed by atoms with Crippen molar-refractivity contribution in [1.29, 1.82) is 0 Å². The molecule has 0 aliphatic heterocycles. The quantitative estimate of drug-likeness (QED) is 0.608. The van der Waals surface area contributed by atoms with Gasteiger partial charge in [-0.2, -0.15) is 0 Å². The van der Waals surface area contributed by atoms with Gasteiger partial charge >= 0.3 is 5.97 Å². The van der Waals surface area contributed by atoms with Crippen LogP contribution in [0.25, 0.3) is 0 Å². The number of amides is 1. The molecular formula is C23H21NO5. The Labute approximate surface area is 169 Å². The molecule has 0 aliphatic rings. The molecule has 3 aromatic carbocycles. The van der Waals surface area contributed by atoms with Crippen LogP contribution in [0.3, 0.4) is 0 Å². The Morgan fingerprint density at radius 1 is 0.828 bits per heavy atom. The summed E-state index contributed by atoms with van der Waals surface area (Å²) in [6, 6.07) is 21.1. The molecular weight excluding hydrogens is 370 g/mol. The summed E-state index contributed by atoms with van der Waals surface area (Å²) in [6.45, 7) is 0.0692. The van der Waals surface area contributed by atoms with Crippen molar-refractivity contribution in [3.63, 3.8) is 0 Å². The zero-order valence-electron chi connectivity index (χ0n) is 16.2. The van der Waals surface area contributed by atoms with E-state index in [1.165, 1.54) is 14.2 Å². The number of methoxy groups -OCH3 is 2. The summed E-state index contributed by atoms with van der Waals surface area (Å²) >= 11 is 0. The van der Waals surface area contributed by atoms with Crippen LogP contribution >= 0.6 is 0 Å². The molecule has 0 fully saturated rings. The lowest BCUT2D eigenvalue weighted by atomic mass is 10.1. The summed E-state index contributed by atoms with van der Waals surface area (Å²) in [7, 11) is 2.97. The lowest BCUT2D eigenvalue weighted by Crippen LogP contribution is -2.12. The third-order valence-corrected chi connectivity index (χ3v) is 4.24. The molecule has 3 aromatic rings. The van der Waals surface area contributed by atoms with Crippen LogP contribution in [0.15, 0.2) is 72.8 Å². The number of para-hydroxylation sites is 2. The van der Waals surface area contributed by atoms with Gasteiger partial charge in [0, 0.05) is 11.3 Å². The normalized spacial score (nSPS) is 10.1. The highest BCUT2D eigenvalue weighted by Crippen LogP contribution is 2.31. The molecule has 0 saturated heterocycles. The number of esters is 1. The van der Waals surface area contributed by atoms with E-state index in [0.717, 1.165) is 11.3 Å². The number of hydrogen-bond donors (Lipinski definition) is 1. The van der Waals surface area contributed by atoms with E-state index in [9.17, 15) is 9.59 Å². The van der Waals surface area contributed by atoms with Gasteiger partial charge in [-0.1, -0.05) is 36.4 Å². The van der Waals surface area contributed by atoms with E-state index in [1.807, 2.05) is 30.3 Å². The molecule has 3 rings (SSSR count). The van der Waals surface area contributed by atoms with E-state index >= 15 is 0 Å². The van der Waals surface area contributed by atoms with Gasteiger partial charge in [0.25, 0.3) is 5.91 Å². The van der Waals surface area contributed by atoms with Crippen molar-refractivity contribution in [2.75, 3.05) is 19.5 Å². The van der Waals surface area contributed by atoms with Crippen LogP contribution in [0.1, 0.15) is 26.3 Å². The van der Waals surface area contributed by atoms with Crippen molar-refractivity contribution < 1.29 is 23.8 Å². The predicted octanol–water partition coefficient (Wildman–Crippen LogP) is 4.31. The molecule has 0 unspecified atom stereocenters. The van der Waals surface area contributed by atoms with Crippen LogP contribution in [0, 0.1) is 0 Å². The van der Waals surface area contributed by atoms with Gasteiger partial charge in [-0.3, -0.25) is 4.79 Å². The Morgan fingerprint density at radius 3 is 2.21 bits per heavy atom. The van der Waals surface area contributed by atoms with E-state index < -0.39 is 5.97 Å². The van der Waals surface area contributed by atoms with Gasteiger partial charge in [0.2, 0.25) is 0 Å². The summed E-state index contributed by atoms with van der Waals surface area (Å²) in [6.07, 6.45) is 0. The Balaban J connectivity index is 1.62. The van der Waals surface area contributed by atoms with Gasteiger partial charge in [-0.05, 0) is 42.0 Å². The van der Waals surface area contributed by atoms with Crippen LogP contribution in [0.4, 0.5) is 5.69 Å². The van der Waals surface area contributed by atoms with Crippen LogP contribution in [-0.2, 0) is 11.3 Å². The lowest BCUT2D eigenvalue weighted by molar-refractivity contribution is 0.0468. The van der Waals surface area contributed by atoms with Crippen LogP contribution in [0.2, 0.25) is 0 Å². The minimum absolute atomic E-state index is 0.0692. The van der Waals surface area contributed by atoms with Crippen LogP contribution < -0.4 is 14.8 Å². The maximum absolute atomic E-state index is 12.4. The molecule has 29 heavy (non-hydrogen) atoms. The third kappa shape index (κ3) is 4.93. The molecule has 6 nitrogen and oxygen atoms in total. The molecule has 148 valence electrons. The number of anilines is 1. The average molecular weight is 391 g/mol. The van der Waals surface area contributed by atoms with Crippen molar-refractivity contribution in [3.8, 4) is 11.5 Å². The average Bonchev–Trinajstić information content (AvgIpc) is 2.77. The van der Waals surface area contributed by atoms with Gasteiger partial charge in [0.05, 0.1) is 14.2 Å². The zero-order valence-corrected chi connectivity index (χ0v) is 16.2. The topological polar surface area (TPSA) is 73.9 Å². The highest BCUT2D eigenvalue weighted by molar-refractivity contribution is 6.04. The Morgan fingerprint density at radius 2 is 1.55 bits per heavy atom. The fourth-order valence-electron chi connectivity index (χ4n) is 2.75. The molecule has 0 spiro atoms. The first-order valence-electron chi connectivity index (χ1n) is 8.96. The van der Waals surface area contributed by atoms with E-state index in [0.29, 0.717) is 17.1 Å². The maximum Gasteiger partial charge on any atom is 0.342 e. The van der Waals surface area contributed by atoms with Gasteiger partial charge in [-0.25, -0.2) is 4.79 Å². The fourth-order valence-corrected chi connectivity index (χ4v) is 2.75. The number of carbonyl (C=O) groups excluding carboxylic acids is 2. The van der Waals surface area contributed by atoms with Crippen molar-refractivity contribution >= 4 is 17.6 Å². The van der Waals surface area contributed by atoms with E-state index in [4.69, 9.17) is 14.2 Å². The smallest absolute Gasteiger partial charge is 0.342 e. The Kier molecular flexibility index (Phi) is 6.47. The van der Waals surface area contributed by atoms with E-state index in [2.05, 4.69) is 5.32 Å². The van der Waals surface area contributed by atoms with Crippen molar-refractivity contribution in [1.82, 2.24) is 0 Å². The molecule has 0 aliphatic carbocycles. The highest BCUT2D eigenvalue weighted by atomic mass is 16.5. The summed E-state index contributed by atoms with van der Waals surface area (Å²) in [5.41, 5.74) is 2.28.